The van der Waals surface area contributed by atoms with Gasteiger partial charge in [0, 0.05) is 16.1 Å². The van der Waals surface area contributed by atoms with E-state index in [9.17, 15) is 27.6 Å². The van der Waals surface area contributed by atoms with E-state index in [1.165, 1.54) is 0 Å². The van der Waals surface area contributed by atoms with Crippen LogP contribution in [-0.4, -0.2) is 23.5 Å². The van der Waals surface area contributed by atoms with Crippen molar-refractivity contribution in [2.75, 3.05) is 16.4 Å². The van der Waals surface area contributed by atoms with Gasteiger partial charge in [-0.15, -0.1) is 11.8 Å². The first-order valence-corrected chi connectivity index (χ1v) is 14.2. The largest absolute Gasteiger partial charge is 0.416 e. The number of carbonyl (C=O) groups excluding carboxylic acids is 3. The standard InChI is InChI=1S/C32H25ClF3N3O3S/c1-20-10-12-21(13-11-20)16-28(39-30(41)22-6-3-2-4-7-22)31(42)37-24-8-5-9-25(18-24)43-19-29(40)38-27-17-23(32(34,35)36)14-15-26(27)33/h2-18H,19H2,1H3,(H,37,42)(H,38,40)(H,39,41)/b28-16-. The number of benzene rings is 4. The fourth-order valence-corrected chi connectivity index (χ4v) is 4.69. The fraction of sp³-hybridized carbons (Fsp3) is 0.0938. The number of nitrogens with one attached hydrogen (secondary N) is 3. The van der Waals surface area contributed by atoms with Crippen molar-refractivity contribution in [2.45, 2.75) is 18.0 Å². The number of amides is 3. The van der Waals surface area contributed by atoms with Gasteiger partial charge in [0.25, 0.3) is 11.8 Å². The summed E-state index contributed by atoms with van der Waals surface area (Å²) in [7, 11) is 0. The van der Waals surface area contributed by atoms with Crippen molar-refractivity contribution >= 4 is 58.5 Å². The summed E-state index contributed by atoms with van der Waals surface area (Å²) >= 11 is 7.08. The molecule has 0 aromatic heterocycles. The molecule has 0 atom stereocenters. The van der Waals surface area contributed by atoms with Crippen molar-refractivity contribution < 1.29 is 27.6 Å². The zero-order chi connectivity index (χ0) is 31.0. The van der Waals surface area contributed by atoms with Crippen LogP contribution in [0.2, 0.25) is 5.02 Å². The summed E-state index contributed by atoms with van der Waals surface area (Å²) in [5.41, 5.74) is 1.48. The van der Waals surface area contributed by atoms with Crippen molar-refractivity contribution in [2.24, 2.45) is 0 Å². The highest BCUT2D eigenvalue weighted by Gasteiger charge is 2.31. The number of carbonyl (C=O) groups is 3. The lowest BCUT2D eigenvalue weighted by Crippen LogP contribution is -2.30. The van der Waals surface area contributed by atoms with Gasteiger partial charge in [-0.1, -0.05) is 65.7 Å². The van der Waals surface area contributed by atoms with Crippen LogP contribution in [0.4, 0.5) is 24.5 Å². The van der Waals surface area contributed by atoms with Crippen molar-refractivity contribution in [3.8, 4) is 0 Å². The quantitative estimate of drug-likeness (QED) is 0.131. The molecule has 0 aliphatic rings. The molecule has 4 aromatic carbocycles. The summed E-state index contributed by atoms with van der Waals surface area (Å²) in [6, 6.07) is 25.3. The van der Waals surface area contributed by atoms with Gasteiger partial charge in [-0.05, 0) is 67.1 Å². The molecular formula is C32H25ClF3N3O3S. The number of halogens is 4. The number of aryl methyl sites for hydroxylation is 1. The Morgan fingerprint density at radius 1 is 0.860 bits per heavy atom. The van der Waals surface area contributed by atoms with Crippen LogP contribution in [0, 0.1) is 6.92 Å². The van der Waals surface area contributed by atoms with Gasteiger partial charge >= 0.3 is 6.18 Å². The maximum absolute atomic E-state index is 13.3. The molecule has 0 unspecified atom stereocenters. The maximum atomic E-state index is 13.3. The van der Waals surface area contributed by atoms with Crippen molar-refractivity contribution in [3.63, 3.8) is 0 Å². The number of alkyl halides is 3. The SMILES string of the molecule is Cc1ccc(/C=C(\NC(=O)c2ccccc2)C(=O)Nc2cccc(SCC(=O)Nc3cc(C(F)(F)F)ccc3Cl)c2)cc1. The predicted molar refractivity (Wildman–Crippen MR) is 164 cm³/mol. The van der Waals surface area contributed by atoms with Crippen LogP contribution in [0.5, 0.6) is 0 Å². The first-order chi connectivity index (χ1) is 20.5. The zero-order valence-corrected chi connectivity index (χ0v) is 24.2. The lowest BCUT2D eigenvalue weighted by atomic mass is 10.1. The van der Waals surface area contributed by atoms with Gasteiger partial charge in [0.2, 0.25) is 5.91 Å². The Bertz CT molecular complexity index is 1660. The summed E-state index contributed by atoms with van der Waals surface area (Å²) < 4.78 is 39.1. The monoisotopic (exact) mass is 623 g/mol. The molecule has 0 fully saturated rings. The minimum Gasteiger partial charge on any atom is -0.324 e. The van der Waals surface area contributed by atoms with Crippen LogP contribution >= 0.6 is 23.4 Å². The van der Waals surface area contributed by atoms with E-state index in [-0.39, 0.29) is 22.2 Å². The second-order valence-electron chi connectivity index (χ2n) is 9.30. The summed E-state index contributed by atoms with van der Waals surface area (Å²) in [4.78, 5) is 39.2. The molecule has 43 heavy (non-hydrogen) atoms. The Balaban J connectivity index is 1.44. The average Bonchev–Trinajstić information content (AvgIpc) is 2.98. The molecule has 0 aliphatic heterocycles. The summed E-state index contributed by atoms with van der Waals surface area (Å²) in [5, 5.41) is 7.83. The number of hydrogen-bond donors (Lipinski definition) is 3. The highest BCUT2D eigenvalue weighted by Crippen LogP contribution is 2.34. The van der Waals surface area contributed by atoms with Gasteiger partial charge in [-0.2, -0.15) is 13.2 Å². The maximum Gasteiger partial charge on any atom is 0.416 e. The molecule has 0 aliphatic carbocycles. The first-order valence-electron chi connectivity index (χ1n) is 12.8. The van der Waals surface area contributed by atoms with E-state index in [2.05, 4.69) is 16.0 Å². The minimum atomic E-state index is -4.58. The average molecular weight is 624 g/mol. The second kappa shape index (κ2) is 14.1. The van der Waals surface area contributed by atoms with Gasteiger partial charge in [0.15, 0.2) is 0 Å². The first kappa shape index (κ1) is 31.4. The second-order valence-corrected chi connectivity index (χ2v) is 10.8. The summed E-state index contributed by atoms with van der Waals surface area (Å²) in [5.74, 6) is -1.71. The van der Waals surface area contributed by atoms with Crippen LogP contribution in [0.1, 0.15) is 27.0 Å². The molecule has 11 heteroatoms. The molecule has 0 heterocycles. The van der Waals surface area contributed by atoms with E-state index in [1.807, 2.05) is 31.2 Å². The highest BCUT2D eigenvalue weighted by atomic mass is 35.5. The van der Waals surface area contributed by atoms with Crippen molar-refractivity contribution in [3.05, 3.63) is 130 Å². The Morgan fingerprint density at radius 2 is 1.58 bits per heavy atom. The Hall–Kier alpha value is -4.54. The Labute approximate surface area is 255 Å². The summed E-state index contributed by atoms with van der Waals surface area (Å²) in [6.07, 6.45) is -3.01. The molecular weight excluding hydrogens is 599 g/mol. The smallest absolute Gasteiger partial charge is 0.324 e. The van der Waals surface area contributed by atoms with Crippen molar-refractivity contribution in [1.29, 1.82) is 0 Å². The molecule has 0 bridgehead atoms. The Kier molecular flexibility index (Phi) is 10.3. The number of thioether (sulfide) groups is 1. The van der Waals surface area contributed by atoms with Crippen LogP contribution in [0.25, 0.3) is 6.08 Å². The van der Waals surface area contributed by atoms with Gasteiger partial charge in [-0.3, -0.25) is 14.4 Å². The summed E-state index contributed by atoms with van der Waals surface area (Å²) in [6.45, 7) is 1.94. The fourth-order valence-electron chi connectivity index (χ4n) is 3.77. The van der Waals surface area contributed by atoms with E-state index in [0.29, 0.717) is 21.7 Å². The lowest BCUT2D eigenvalue weighted by molar-refractivity contribution is -0.137. The molecule has 0 spiro atoms. The third kappa shape index (κ3) is 9.22. The molecule has 3 N–H and O–H groups in total. The van der Waals surface area contributed by atoms with Crippen LogP contribution in [0.3, 0.4) is 0 Å². The predicted octanol–water partition coefficient (Wildman–Crippen LogP) is 7.81. The molecule has 4 aromatic rings. The van der Waals surface area contributed by atoms with Crippen molar-refractivity contribution in [1.82, 2.24) is 5.32 Å². The number of anilines is 2. The van der Waals surface area contributed by atoms with Crippen LogP contribution in [0.15, 0.2) is 108 Å². The molecule has 0 radical (unpaired) electrons. The van der Waals surface area contributed by atoms with E-state index in [0.717, 1.165) is 35.5 Å². The third-order valence-electron chi connectivity index (χ3n) is 5.95. The third-order valence-corrected chi connectivity index (χ3v) is 7.27. The van der Waals surface area contributed by atoms with E-state index < -0.39 is 29.5 Å². The van der Waals surface area contributed by atoms with Gasteiger partial charge < -0.3 is 16.0 Å². The van der Waals surface area contributed by atoms with Gasteiger partial charge in [0.05, 0.1) is 22.0 Å². The molecule has 4 rings (SSSR count). The number of hydrogen-bond acceptors (Lipinski definition) is 4. The Morgan fingerprint density at radius 3 is 2.28 bits per heavy atom. The molecule has 0 saturated heterocycles. The number of rotatable bonds is 9. The van der Waals surface area contributed by atoms with Gasteiger partial charge in [0.1, 0.15) is 5.70 Å². The normalized spacial score (nSPS) is 11.5. The lowest BCUT2D eigenvalue weighted by Gasteiger charge is -2.13. The van der Waals surface area contributed by atoms with Crippen LogP contribution in [-0.2, 0) is 15.8 Å². The molecule has 0 saturated carbocycles. The molecule has 3 amide bonds. The molecule has 220 valence electrons. The van der Waals surface area contributed by atoms with E-state index >= 15 is 0 Å². The van der Waals surface area contributed by atoms with E-state index in [1.54, 1.807) is 60.7 Å². The van der Waals surface area contributed by atoms with Gasteiger partial charge in [-0.25, -0.2) is 0 Å². The molecule has 6 nitrogen and oxygen atoms in total. The van der Waals surface area contributed by atoms with E-state index in [4.69, 9.17) is 11.6 Å². The zero-order valence-electron chi connectivity index (χ0n) is 22.7. The topological polar surface area (TPSA) is 87.3 Å². The van der Waals surface area contributed by atoms with Crippen LogP contribution < -0.4 is 16.0 Å². The minimum absolute atomic E-state index is 0.0214. The highest BCUT2D eigenvalue weighted by molar-refractivity contribution is 8.00.